The molecule has 3 N–H and O–H groups in total. The van der Waals surface area contributed by atoms with Gasteiger partial charge in [0.15, 0.2) is 0 Å². The first kappa shape index (κ1) is 19.8. The van der Waals surface area contributed by atoms with Gasteiger partial charge in [-0.2, -0.15) is 9.67 Å². The van der Waals surface area contributed by atoms with Crippen molar-refractivity contribution in [2.75, 3.05) is 17.7 Å². The fourth-order valence-corrected chi connectivity index (χ4v) is 4.16. The number of fused-ring (bicyclic) bond motifs is 1. The summed E-state index contributed by atoms with van der Waals surface area (Å²) in [4.78, 5) is 21.6. The smallest absolute Gasteiger partial charge is 0.291 e. The number of nitrogen functional groups attached to an aromatic ring is 1. The lowest BCUT2D eigenvalue weighted by molar-refractivity contribution is 0.0952. The van der Waals surface area contributed by atoms with Gasteiger partial charge in [0.05, 0.1) is 17.7 Å². The summed E-state index contributed by atoms with van der Waals surface area (Å²) in [6, 6.07) is 17.0. The highest BCUT2D eigenvalue weighted by atomic mass is 32.1. The average molecular weight is 446 g/mol. The molecule has 0 aliphatic heterocycles. The normalized spacial score (nSPS) is 11.0. The molecule has 10 heteroatoms. The lowest BCUT2D eigenvalue weighted by Gasteiger charge is -2.08. The van der Waals surface area contributed by atoms with Crippen LogP contribution in [0.25, 0.3) is 10.1 Å². The standard InChI is InChI=1S/C22H19N7O2S/c23-21-26-22(27-29(21)20(30)19-13-15-3-1-2-4-18(15)32-19)25-16-5-7-17(8-6-16)31-12-11-28-10-9-24-14-28/h1-10,13-14H,11-12H2,(H3,23,25,26,27). The molecule has 0 radical (unpaired) electrons. The predicted octanol–water partition coefficient (Wildman–Crippen LogP) is 3.78. The van der Waals surface area contributed by atoms with Crippen molar-refractivity contribution in [1.29, 1.82) is 0 Å². The largest absolute Gasteiger partial charge is 0.492 e. The Morgan fingerprint density at radius 1 is 1.16 bits per heavy atom. The molecule has 9 nitrogen and oxygen atoms in total. The highest BCUT2D eigenvalue weighted by Gasteiger charge is 2.18. The molecule has 2 aromatic carbocycles. The van der Waals surface area contributed by atoms with Crippen molar-refractivity contribution in [3.63, 3.8) is 0 Å². The lowest BCUT2D eigenvalue weighted by atomic mass is 10.2. The maximum atomic E-state index is 12.9. The van der Waals surface area contributed by atoms with Crippen molar-refractivity contribution in [2.45, 2.75) is 6.54 Å². The Morgan fingerprint density at radius 2 is 2.00 bits per heavy atom. The van der Waals surface area contributed by atoms with Gasteiger partial charge >= 0.3 is 0 Å². The molecule has 32 heavy (non-hydrogen) atoms. The number of thiophene rings is 1. The molecular weight excluding hydrogens is 426 g/mol. The zero-order valence-corrected chi connectivity index (χ0v) is 17.7. The topological polar surface area (TPSA) is 113 Å². The molecule has 0 saturated heterocycles. The van der Waals surface area contributed by atoms with Gasteiger partial charge in [0.2, 0.25) is 11.9 Å². The third-order valence-corrected chi connectivity index (χ3v) is 5.85. The SMILES string of the molecule is Nc1nc(Nc2ccc(OCCn3ccnc3)cc2)nn1C(=O)c1cc2ccccc2s1. The summed E-state index contributed by atoms with van der Waals surface area (Å²) in [5, 5.41) is 8.31. The van der Waals surface area contributed by atoms with Crippen LogP contribution in [0, 0.1) is 0 Å². The first-order valence-electron chi connectivity index (χ1n) is 9.87. The number of anilines is 3. The van der Waals surface area contributed by atoms with E-state index in [0.717, 1.165) is 26.2 Å². The second-order valence-electron chi connectivity index (χ2n) is 6.96. The maximum Gasteiger partial charge on any atom is 0.291 e. The molecular formula is C22H19N7O2S. The maximum absolute atomic E-state index is 12.9. The van der Waals surface area contributed by atoms with E-state index < -0.39 is 0 Å². The average Bonchev–Trinajstić information content (AvgIpc) is 3.54. The molecule has 0 amide bonds. The molecule has 0 unspecified atom stereocenters. The molecule has 5 aromatic rings. The van der Waals surface area contributed by atoms with E-state index in [4.69, 9.17) is 10.5 Å². The van der Waals surface area contributed by atoms with Crippen molar-refractivity contribution in [3.05, 3.63) is 78.2 Å². The molecule has 0 saturated carbocycles. The molecule has 5 rings (SSSR count). The van der Waals surface area contributed by atoms with E-state index in [-0.39, 0.29) is 17.8 Å². The van der Waals surface area contributed by atoms with E-state index in [1.807, 2.05) is 65.4 Å². The third kappa shape index (κ3) is 4.16. The van der Waals surface area contributed by atoms with E-state index in [0.29, 0.717) is 18.0 Å². The van der Waals surface area contributed by atoms with Gasteiger partial charge in [0.25, 0.3) is 5.91 Å². The van der Waals surface area contributed by atoms with Gasteiger partial charge in [0.1, 0.15) is 12.4 Å². The minimum absolute atomic E-state index is 0.0226. The molecule has 0 bridgehead atoms. The molecule has 0 spiro atoms. The third-order valence-electron chi connectivity index (χ3n) is 4.75. The van der Waals surface area contributed by atoms with Gasteiger partial charge in [0, 0.05) is 22.8 Å². The quantitative estimate of drug-likeness (QED) is 0.392. The van der Waals surface area contributed by atoms with E-state index in [9.17, 15) is 4.79 Å². The summed E-state index contributed by atoms with van der Waals surface area (Å²) in [6.45, 7) is 1.25. The summed E-state index contributed by atoms with van der Waals surface area (Å²) in [5.74, 6) is 0.694. The number of aromatic nitrogens is 5. The Hall–Kier alpha value is -4.18. The number of ether oxygens (including phenoxy) is 1. The minimum Gasteiger partial charge on any atom is -0.492 e. The second-order valence-corrected chi connectivity index (χ2v) is 8.04. The Balaban J connectivity index is 1.24. The molecule has 0 aliphatic rings. The van der Waals surface area contributed by atoms with Crippen LogP contribution in [0.15, 0.2) is 73.3 Å². The number of hydrogen-bond acceptors (Lipinski definition) is 8. The summed E-state index contributed by atoms with van der Waals surface area (Å²) >= 11 is 1.40. The van der Waals surface area contributed by atoms with E-state index >= 15 is 0 Å². The van der Waals surface area contributed by atoms with Gasteiger partial charge in [-0.15, -0.1) is 16.4 Å². The fraction of sp³-hybridized carbons (Fsp3) is 0.0909. The van der Waals surface area contributed by atoms with Gasteiger partial charge in [-0.1, -0.05) is 18.2 Å². The Morgan fingerprint density at radius 3 is 2.78 bits per heavy atom. The highest BCUT2D eigenvalue weighted by Crippen LogP contribution is 2.26. The highest BCUT2D eigenvalue weighted by molar-refractivity contribution is 7.20. The number of nitrogens with one attached hydrogen (secondary N) is 1. The number of hydrogen-bond donors (Lipinski definition) is 2. The molecule has 3 heterocycles. The summed E-state index contributed by atoms with van der Waals surface area (Å²) < 4.78 is 9.82. The second kappa shape index (κ2) is 8.52. The first-order chi connectivity index (χ1) is 15.7. The fourth-order valence-electron chi connectivity index (χ4n) is 3.17. The number of nitrogens with two attached hydrogens (primary N) is 1. The van der Waals surface area contributed by atoms with Crippen molar-refractivity contribution in [2.24, 2.45) is 0 Å². The molecule has 3 aromatic heterocycles. The van der Waals surface area contributed by atoms with Crippen LogP contribution >= 0.6 is 11.3 Å². The van der Waals surface area contributed by atoms with Crippen molar-refractivity contribution >= 4 is 44.9 Å². The van der Waals surface area contributed by atoms with Crippen molar-refractivity contribution in [1.82, 2.24) is 24.3 Å². The number of benzene rings is 2. The number of imidazole rings is 1. The summed E-state index contributed by atoms with van der Waals surface area (Å²) in [7, 11) is 0. The Kier molecular flexibility index (Phi) is 5.26. The van der Waals surface area contributed by atoms with Crippen LogP contribution < -0.4 is 15.8 Å². The monoisotopic (exact) mass is 445 g/mol. The van der Waals surface area contributed by atoms with Gasteiger partial charge < -0.3 is 20.4 Å². The van der Waals surface area contributed by atoms with Crippen LogP contribution in [0.3, 0.4) is 0 Å². The van der Waals surface area contributed by atoms with Crippen molar-refractivity contribution < 1.29 is 9.53 Å². The molecule has 160 valence electrons. The lowest BCUT2D eigenvalue weighted by Crippen LogP contribution is -2.15. The summed E-state index contributed by atoms with van der Waals surface area (Å²) in [6.07, 6.45) is 5.37. The molecule has 0 aliphatic carbocycles. The number of nitrogens with zero attached hydrogens (tertiary/aromatic N) is 5. The van der Waals surface area contributed by atoms with Crippen LogP contribution in [-0.4, -0.2) is 36.8 Å². The number of carbonyl (C=O) groups is 1. The van der Waals surface area contributed by atoms with Crippen LogP contribution in [0.2, 0.25) is 0 Å². The van der Waals surface area contributed by atoms with Crippen LogP contribution in [0.5, 0.6) is 5.75 Å². The Labute approximate surface area is 187 Å². The van der Waals surface area contributed by atoms with Crippen LogP contribution in [-0.2, 0) is 6.54 Å². The van der Waals surface area contributed by atoms with Crippen molar-refractivity contribution in [3.8, 4) is 5.75 Å². The van der Waals surface area contributed by atoms with Gasteiger partial charge in [-0.05, 0) is 41.8 Å². The van der Waals surface area contributed by atoms with E-state index in [1.165, 1.54) is 11.3 Å². The molecule has 0 atom stereocenters. The van der Waals surface area contributed by atoms with Crippen LogP contribution in [0.1, 0.15) is 9.67 Å². The van der Waals surface area contributed by atoms with E-state index in [2.05, 4.69) is 20.4 Å². The molecule has 0 fully saturated rings. The zero-order chi connectivity index (χ0) is 21.9. The predicted molar refractivity (Wildman–Crippen MR) is 123 cm³/mol. The van der Waals surface area contributed by atoms with Gasteiger partial charge in [-0.3, -0.25) is 4.79 Å². The van der Waals surface area contributed by atoms with Gasteiger partial charge in [-0.25, -0.2) is 4.98 Å². The number of rotatable bonds is 7. The van der Waals surface area contributed by atoms with Crippen LogP contribution in [0.4, 0.5) is 17.6 Å². The number of carbonyl (C=O) groups excluding carboxylic acids is 1. The van der Waals surface area contributed by atoms with E-state index in [1.54, 1.807) is 12.5 Å². The minimum atomic E-state index is -0.314. The summed E-state index contributed by atoms with van der Waals surface area (Å²) in [5.41, 5.74) is 6.70. The first-order valence-corrected chi connectivity index (χ1v) is 10.7. The zero-order valence-electron chi connectivity index (χ0n) is 16.9. The Bertz CT molecular complexity index is 1320.